The smallest absolute Gasteiger partial charge is 0.339 e. The Labute approximate surface area is 123 Å². The number of hydrogen-bond donors (Lipinski definition) is 1. The van der Waals surface area contributed by atoms with Gasteiger partial charge in [-0.2, -0.15) is 5.10 Å². The van der Waals surface area contributed by atoms with E-state index in [1.807, 2.05) is 24.0 Å². The van der Waals surface area contributed by atoms with Gasteiger partial charge in [0, 0.05) is 25.5 Å². The van der Waals surface area contributed by atoms with E-state index in [1.54, 1.807) is 26.2 Å². The number of aromatic carboxylic acids is 1. The van der Waals surface area contributed by atoms with Crippen molar-refractivity contribution in [3.8, 4) is 0 Å². The van der Waals surface area contributed by atoms with Crippen LogP contribution < -0.4 is 4.90 Å². The van der Waals surface area contributed by atoms with Crippen molar-refractivity contribution in [2.45, 2.75) is 27.3 Å². The maximum Gasteiger partial charge on any atom is 0.339 e. The maximum atomic E-state index is 11.6. The van der Waals surface area contributed by atoms with Crippen LogP contribution in [0.2, 0.25) is 0 Å². The molecule has 0 atom stereocenters. The molecule has 6 nitrogen and oxygen atoms in total. The van der Waals surface area contributed by atoms with Crippen LogP contribution in [0.25, 0.3) is 0 Å². The Kier molecular flexibility index (Phi) is 4.47. The van der Waals surface area contributed by atoms with Crippen molar-refractivity contribution in [2.24, 2.45) is 0 Å². The summed E-state index contributed by atoms with van der Waals surface area (Å²) in [6.07, 6.45) is 3.43. The molecule has 0 radical (unpaired) electrons. The van der Waals surface area contributed by atoms with Gasteiger partial charge in [-0.3, -0.25) is 4.98 Å². The first kappa shape index (κ1) is 14.9. The first-order chi connectivity index (χ1) is 10.0. The number of hydrogen-bond acceptors (Lipinski definition) is 5. The highest BCUT2D eigenvalue weighted by atomic mass is 16.4. The zero-order valence-corrected chi connectivity index (χ0v) is 12.4. The van der Waals surface area contributed by atoms with Gasteiger partial charge in [-0.15, -0.1) is 5.10 Å². The molecule has 0 amide bonds. The summed E-state index contributed by atoms with van der Waals surface area (Å²) in [7, 11) is 0. The maximum absolute atomic E-state index is 11.6. The lowest BCUT2D eigenvalue weighted by Gasteiger charge is -2.24. The third kappa shape index (κ3) is 3.16. The van der Waals surface area contributed by atoms with Crippen LogP contribution in [0.5, 0.6) is 0 Å². The molecule has 0 bridgehead atoms. The lowest BCUT2D eigenvalue weighted by molar-refractivity contribution is 0.0696. The van der Waals surface area contributed by atoms with Crippen LogP contribution in [0.1, 0.15) is 34.1 Å². The number of carboxylic acids is 1. The van der Waals surface area contributed by atoms with Crippen LogP contribution in [-0.2, 0) is 6.54 Å². The minimum atomic E-state index is -0.978. The number of nitrogens with zero attached hydrogens (tertiary/aromatic N) is 4. The monoisotopic (exact) mass is 286 g/mol. The Bertz CT molecular complexity index is 644. The normalized spacial score (nSPS) is 10.4. The zero-order valence-electron chi connectivity index (χ0n) is 12.4. The van der Waals surface area contributed by atoms with Crippen LogP contribution in [0.15, 0.2) is 24.5 Å². The van der Waals surface area contributed by atoms with Crippen molar-refractivity contribution in [3.63, 3.8) is 0 Å². The van der Waals surface area contributed by atoms with Crippen molar-refractivity contribution in [2.75, 3.05) is 11.4 Å². The summed E-state index contributed by atoms with van der Waals surface area (Å²) in [5, 5.41) is 17.6. The van der Waals surface area contributed by atoms with Crippen molar-refractivity contribution < 1.29 is 9.90 Å². The number of carbonyl (C=O) groups is 1. The lowest BCUT2D eigenvalue weighted by atomic mass is 10.1. The van der Waals surface area contributed by atoms with E-state index in [2.05, 4.69) is 15.2 Å². The van der Waals surface area contributed by atoms with Gasteiger partial charge in [0.15, 0.2) is 5.82 Å². The van der Waals surface area contributed by atoms with E-state index in [1.165, 1.54) is 0 Å². The van der Waals surface area contributed by atoms with E-state index in [0.717, 1.165) is 5.56 Å². The predicted octanol–water partition coefficient (Wildman–Crippen LogP) is 2.21. The van der Waals surface area contributed by atoms with Crippen LogP contribution >= 0.6 is 0 Å². The van der Waals surface area contributed by atoms with E-state index in [4.69, 9.17) is 0 Å². The van der Waals surface area contributed by atoms with Gasteiger partial charge in [0.2, 0.25) is 0 Å². The summed E-state index contributed by atoms with van der Waals surface area (Å²) in [5.74, 6) is -0.571. The van der Waals surface area contributed by atoms with Crippen LogP contribution in [-0.4, -0.2) is 32.8 Å². The van der Waals surface area contributed by atoms with Gasteiger partial charge >= 0.3 is 5.97 Å². The molecule has 2 rings (SSSR count). The molecule has 6 heteroatoms. The predicted molar refractivity (Wildman–Crippen MR) is 79.4 cm³/mol. The molecule has 110 valence electrons. The Hall–Kier alpha value is -2.50. The summed E-state index contributed by atoms with van der Waals surface area (Å²) >= 11 is 0. The molecule has 0 spiro atoms. The van der Waals surface area contributed by atoms with Gasteiger partial charge in [0.1, 0.15) is 5.56 Å². The topological polar surface area (TPSA) is 79.2 Å². The Balaban J connectivity index is 2.43. The van der Waals surface area contributed by atoms with Crippen LogP contribution in [0.3, 0.4) is 0 Å². The lowest BCUT2D eigenvalue weighted by Crippen LogP contribution is -2.26. The first-order valence-electron chi connectivity index (χ1n) is 6.75. The SMILES string of the molecule is CCN(Cc1ccncc1)c1nnc(C)c(C)c1C(=O)O. The molecule has 21 heavy (non-hydrogen) atoms. The van der Waals surface area contributed by atoms with Gasteiger partial charge in [-0.05, 0) is 44.0 Å². The number of aromatic nitrogens is 3. The molecule has 0 saturated carbocycles. The van der Waals surface area contributed by atoms with Gasteiger partial charge in [-0.25, -0.2) is 4.79 Å². The Morgan fingerprint density at radius 3 is 2.48 bits per heavy atom. The summed E-state index contributed by atoms with van der Waals surface area (Å²) in [6.45, 7) is 6.69. The van der Waals surface area contributed by atoms with Crippen LogP contribution in [0.4, 0.5) is 5.82 Å². The standard InChI is InChI=1S/C15H18N4O2/c1-4-19(9-12-5-7-16-8-6-12)14-13(15(20)21)10(2)11(3)17-18-14/h5-8H,4,9H2,1-3H3,(H,20,21). The summed E-state index contributed by atoms with van der Waals surface area (Å²) < 4.78 is 0. The highest BCUT2D eigenvalue weighted by molar-refractivity contribution is 5.95. The molecule has 0 aliphatic rings. The number of pyridine rings is 1. The van der Waals surface area contributed by atoms with Crippen molar-refractivity contribution in [3.05, 3.63) is 46.9 Å². The summed E-state index contributed by atoms with van der Waals surface area (Å²) in [5.41, 5.74) is 2.55. The molecular weight excluding hydrogens is 268 g/mol. The number of rotatable bonds is 5. The largest absolute Gasteiger partial charge is 0.478 e. The Morgan fingerprint density at radius 1 is 1.24 bits per heavy atom. The van der Waals surface area contributed by atoms with Gasteiger partial charge in [0.25, 0.3) is 0 Å². The van der Waals surface area contributed by atoms with E-state index < -0.39 is 5.97 Å². The molecule has 0 aliphatic carbocycles. The fraction of sp³-hybridized carbons (Fsp3) is 0.333. The molecule has 1 N–H and O–H groups in total. The number of aryl methyl sites for hydroxylation is 1. The molecule has 0 aromatic carbocycles. The molecule has 0 unspecified atom stereocenters. The van der Waals surface area contributed by atoms with Gasteiger partial charge in [0.05, 0.1) is 5.69 Å². The third-order valence-corrected chi connectivity index (χ3v) is 3.45. The minimum Gasteiger partial charge on any atom is -0.478 e. The van der Waals surface area contributed by atoms with Crippen molar-refractivity contribution in [1.82, 2.24) is 15.2 Å². The fourth-order valence-electron chi connectivity index (χ4n) is 2.12. The molecular formula is C15H18N4O2. The van der Waals surface area contributed by atoms with E-state index >= 15 is 0 Å². The molecule has 0 saturated heterocycles. The first-order valence-corrected chi connectivity index (χ1v) is 6.75. The zero-order chi connectivity index (χ0) is 15.4. The third-order valence-electron chi connectivity index (χ3n) is 3.45. The second kappa shape index (κ2) is 6.30. The number of carboxylic acid groups (broad SMARTS) is 1. The highest BCUT2D eigenvalue weighted by Crippen LogP contribution is 2.23. The average molecular weight is 286 g/mol. The molecule has 2 aromatic rings. The van der Waals surface area contributed by atoms with Crippen molar-refractivity contribution in [1.29, 1.82) is 0 Å². The minimum absolute atomic E-state index is 0.221. The van der Waals surface area contributed by atoms with E-state index in [9.17, 15) is 9.90 Å². The van der Waals surface area contributed by atoms with E-state index in [0.29, 0.717) is 30.2 Å². The molecule has 0 fully saturated rings. The summed E-state index contributed by atoms with van der Waals surface area (Å²) in [6, 6.07) is 3.80. The summed E-state index contributed by atoms with van der Waals surface area (Å²) in [4.78, 5) is 17.4. The second-order valence-electron chi connectivity index (χ2n) is 4.78. The van der Waals surface area contributed by atoms with E-state index in [-0.39, 0.29) is 5.56 Å². The van der Waals surface area contributed by atoms with Crippen LogP contribution in [0, 0.1) is 13.8 Å². The van der Waals surface area contributed by atoms with Crippen molar-refractivity contribution >= 4 is 11.8 Å². The molecule has 2 heterocycles. The van der Waals surface area contributed by atoms with Gasteiger partial charge in [-0.1, -0.05) is 0 Å². The fourth-order valence-corrected chi connectivity index (χ4v) is 2.12. The average Bonchev–Trinajstić information content (AvgIpc) is 2.48. The number of anilines is 1. The molecule has 2 aromatic heterocycles. The quantitative estimate of drug-likeness (QED) is 0.907. The van der Waals surface area contributed by atoms with Gasteiger partial charge < -0.3 is 10.0 Å². The second-order valence-corrected chi connectivity index (χ2v) is 4.78. The Morgan fingerprint density at radius 2 is 1.90 bits per heavy atom. The molecule has 0 aliphatic heterocycles. The highest BCUT2D eigenvalue weighted by Gasteiger charge is 2.21.